The van der Waals surface area contributed by atoms with Gasteiger partial charge in [-0.05, 0) is 19.4 Å². The number of aliphatic imine (C=N–C) groups is 1. The van der Waals surface area contributed by atoms with Gasteiger partial charge in [0.05, 0.1) is 6.04 Å². The lowest BCUT2D eigenvalue weighted by Crippen LogP contribution is -2.43. The smallest absolute Gasteiger partial charge is 0.127 e. The molecule has 0 amide bonds. The largest absolute Gasteiger partial charge is 0.311 e. The molecule has 0 saturated carbocycles. The van der Waals surface area contributed by atoms with Crippen LogP contribution < -0.4 is 16.6 Å². The van der Waals surface area contributed by atoms with Crippen molar-refractivity contribution in [3.05, 3.63) is 13.2 Å². The van der Waals surface area contributed by atoms with Crippen LogP contribution >= 0.6 is 0 Å². The second kappa shape index (κ2) is 6.82. The molecular formula is C8H18N4. The molecule has 0 spiro atoms. The van der Waals surface area contributed by atoms with Gasteiger partial charge in [-0.3, -0.25) is 4.99 Å². The molecule has 4 nitrogen and oxygen atoms in total. The third-order valence-corrected chi connectivity index (χ3v) is 1.78. The number of amidine groups is 1. The predicted octanol–water partition coefficient (Wildman–Crippen LogP) is 0.0322. The quantitative estimate of drug-likeness (QED) is 0.171. The maximum Gasteiger partial charge on any atom is 0.127 e. The lowest BCUT2D eigenvalue weighted by molar-refractivity contribution is 0.729. The van der Waals surface area contributed by atoms with Crippen LogP contribution in [0.1, 0.15) is 12.8 Å². The number of nitrogens with two attached hydrogens (primary N) is 1. The second-order valence-corrected chi connectivity index (χ2v) is 2.40. The third kappa shape index (κ3) is 3.02. The van der Waals surface area contributed by atoms with E-state index >= 15 is 0 Å². The van der Waals surface area contributed by atoms with Crippen molar-refractivity contribution in [1.82, 2.24) is 10.7 Å². The van der Waals surface area contributed by atoms with E-state index in [1.54, 1.807) is 7.05 Å². The fourth-order valence-corrected chi connectivity index (χ4v) is 1.24. The van der Waals surface area contributed by atoms with E-state index in [2.05, 4.69) is 28.9 Å². The molecule has 12 heavy (non-hydrogen) atoms. The van der Waals surface area contributed by atoms with E-state index < -0.39 is 0 Å². The van der Waals surface area contributed by atoms with Crippen LogP contribution in [0, 0.1) is 0 Å². The fourth-order valence-electron chi connectivity index (χ4n) is 1.24. The van der Waals surface area contributed by atoms with E-state index in [1.165, 1.54) is 6.42 Å². The van der Waals surface area contributed by atoms with E-state index in [9.17, 15) is 0 Å². The summed E-state index contributed by atoms with van der Waals surface area (Å²) in [6, 6.07) is 0.356. The summed E-state index contributed by atoms with van der Waals surface area (Å²) in [6.07, 6.45) is 2.35. The van der Waals surface area contributed by atoms with Crippen molar-refractivity contribution in [2.75, 3.05) is 13.6 Å². The van der Waals surface area contributed by atoms with Gasteiger partial charge in [0.1, 0.15) is 5.84 Å². The molecule has 0 aliphatic carbocycles. The van der Waals surface area contributed by atoms with Gasteiger partial charge in [0, 0.05) is 7.05 Å². The zero-order chi connectivity index (χ0) is 9.40. The van der Waals surface area contributed by atoms with E-state index in [1.807, 2.05) is 0 Å². The van der Waals surface area contributed by atoms with E-state index in [0.29, 0.717) is 6.04 Å². The Hall–Kier alpha value is -0.870. The first-order valence-electron chi connectivity index (χ1n) is 4.05. The molecule has 0 bridgehead atoms. The number of hydrogen-bond acceptors (Lipinski definition) is 3. The van der Waals surface area contributed by atoms with Crippen molar-refractivity contribution in [3.63, 3.8) is 0 Å². The molecule has 4 N–H and O–H groups in total. The van der Waals surface area contributed by atoms with Crippen LogP contribution in [0.25, 0.3) is 0 Å². The van der Waals surface area contributed by atoms with Gasteiger partial charge in [-0.2, -0.15) is 0 Å². The van der Waals surface area contributed by atoms with E-state index in [-0.39, 0.29) is 0 Å². The second-order valence-electron chi connectivity index (χ2n) is 2.40. The first kappa shape index (κ1) is 11.1. The van der Waals surface area contributed by atoms with Gasteiger partial charge >= 0.3 is 0 Å². The van der Waals surface area contributed by atoms with Crippen LogP contribution in [-0.4, -0.2) is 25.5 Å². The number of rotatable bonds is 1. The van der Waals surface area contributed by atoms with Gasteiger partial charge in [-0.25, -0.2) is 5.84 Å². The Balaban J connectivity index is 0.000000561. The minimum Gasteiger partial charge on any atom is -0.311 e. The summed E-state index contributed by atoms with van der Waals surface area (Å²) in [5.41, 5.74) is 2.58. The van der Waals surface area contributed by atoms with Crippen LogP contribution in [0.4, 0.5) is 0 Å². The summed E-state index contributed by atoms with van der Waals surface area (Å²) in [5, 5.41) is 3.29. The van der Waals surface area contributed by atoms with Gasteiger partial charge < -0.3 is 10.7 Å². The molecule has 1 saturated heterocycles. The molecule has 1 rings (SSSR count). The van der Waals surface area contributed by atoms with Crippen molar-refractivity contribution in [1.29, 1.82) is 0 Å². The summed E-state index contributed by atoms with van der Waals surface area (Å²) in [7, 11) is 1.75. The van der Waals surface area contributed by atoms with Gasteiger partial charge in [0.2, 0.25) is 0 Å². The highest BCUT2D eigenvalue weighted by molar-refractivity contribution is 5.87. The Bertz CT molecular complexity index is 138. The molecule has 0 aromatic rings. The van der Waals surface area contributed by atoms with Gasteiger partial charge in [0.25, 0.3) is 0 Å². The highest BCUT2D eigenvalue weighted by atomic mass is 15.3. The maximum absolute atomic E-state index is 5.24. The molecule has 0 aromatic heterocycles. The first-order valence-corrected chi connectivity index (χ1v) is 4.05. The summed E-state index contributed by atoms with van der Waals surface area (Å²) in [4.78, 5) is 4.01. The zero-order valence-corrected chi connectivity index (χ0v) is 7.64. The highest BCUT2D eigenvalue weighted by Crippen LogP contribution is 2.04. The molecular weight excluding hydrogens is 152 g/mol. The Kier molecular flexibility index (Phi) is 6.32. The lowest BCUT2D eigenvalue weighted by Gasteiger charge is -2.11. The van der Waals surface area contributed by atoms with Crippen LogP contribution in [0.3, 0.4) is 0 Å². The standard InChI is InChI=1S/C6H14N4.C2H4/c1-8-6(10-7)5-3-2-4-9-5;1-2/h5,9H,2-4,7H2,1H3,(H,8,10);1-2H2/t5-;/m0./s1. The lowest BCUT2D eigenvalue weighted by atomic mass is 10.2. The monoisotopic (exact) mass is 170 g/mol. The maximum atomic E-state index is 5.24. The van der Waals surface area contributed by atoms with Gasteiger partial charge in [0.15, 0.2) is 0 Å². The summed E-state index contributed by atoms with van der Waals surface area (Å²) in [5.74, 6) is 6.10. The Morgan fingerprint density at radius 2 is 2.33 bits per heavy atom. The van der Waals surface area contributed by atoms with E-state index in [0.717, 1.165) is 18.8 Å². The molecule has 1 fully saturated rings. The fraction of sp³-hybridized carbons (Fsp3) is 0.625. The van der Waals surface area contributed by atoms with Crippen LogP contribution in [-0.2, 0) is 0 Å². The van der Waals surface area contributed by atoms with Crippen LogP contribution in [0.2, 0.25) is 0 Å². The van der Waals surface area contributed by atoms with Crippen molar-refractivity contribution < 1.29 is 0 Å². The average molecular weight is 170 g/mol. The SMILES string of the molecule is C=C.CN=C(NN)[C@@H]1CCCN1. The number of nitrogens with zero attached hydrogens (tertiary/aromatic N) is 1. The van der Waals surface area contributed by atoms with Crippen molar-refractivity contribution >= 4 is 5.84 Å². The molecule has 0 aromatic carbocycles. The summed E-state index contributed by atoms with van der Waals surface area (Å²) < 4.78 is 0. The van der Waals surface area contributed by atoms with Crippen molar-refractivity contribution in [2.45, 2.75) is 18.9 Å². The molecule has 1 heterocycles. The minimum absolute atomic E-state index is 0.356. The molecule has 70 valence electrons. The number of nitrogens with one attached hydrogen (secondary N) is 2. The minimum atomic E-state index is 0.356. The molecule has 4 heteroatoms. The van der Waals surface area contributed by atoms with Crippen molar-refractivity contribution in [2.24, 2.45) is 10.8 Å². The normalized spacial score (nSPS) is 22.8. The van der Waals surface area contributed by atoms with Gasteiger partial charge in [-0.1, -0.05) is 0 Å². The predicted molar refractivity (Wildman–Crippen MR) is 53.0 cm³/mol. The first-order chi connectivity index (χ1) is 5.88. The number of hydrogen-bond donors (Lipinski definition) is 3. The Morgan fingerprint density at radius 3 is 2.67 bits per heavy atom. The highest BCUT2D eigenvalue weighted by Gasteiger charge is 2.18. The molecule has 1 aliphatic heterocycles. The van der Waals surface area contributed by atoms with Gasteiger partial charge in [-0.15, -0.1) is 13.2 Å². The zero-order valence-electron chi connectivity index (χ0n) is 7.64. The van der Waals surface area contributed by atoms with Crippen molar-refractivity contribution in [3.8, 4) is 0 Å². The summed E-state index contributed by atoms with van der Waals surface area (Å²) in [6.45, 7) is 7.07. The molecule has 0 radical (unpaired) electrons. The summed E-state index contributed by atoms with van der Waals surface area (Å²) >= 11 is 0. The van der Waals surface area contributed by atoms with Crippen LogP contribution in [0.5, 0.6) is 0 Å². The third-order valence-electron chi connectivity index (χ3n) is 1.78. The molecule has 0 unspecified atom stereocenters. The molecule has 1 aliphatic rings. The van der Waals surface area contributed by atoms with E-state index in [4.69, 9.17) is 5.84 Å². The number of hydrazine groups is 1. The Morgan fingerprint density at radius 1 is 1.67 bits per heavy atom. The Labute approximate surface area is 73.9 Å². The molecule has 1 atom stereocenters. The topological polar surface area (TPSA) is 62.4 Å². The van der Waals surface area contributed by atoms with Crippen LogP contribution in [0.15, 0.2) is 18.2 Å². The average Bonchev–Trinajstić information content (AvgIpc) is 2.64.